The number of hydrazone groups is 1. The van der Waals surface area contributed by atoms with Crippen LogP contribution in [-0.4, -0.2) is 22.9 Å². The largest absolute Gasteiger partial charge is 0.272 e. The van der Waals surface area contributed by atoms with E-state index >= 15 is 0 Å². The van der Waals surface area contributed by atoms with Crippen LogP contribution in [0.2, 0.25) is 10.0 Å². The van der Waals surface area contributed by atoms with Crippen molar-refractivity contribution in [1.29, 1.82) is 0 Å². The van der Waals surface area contributed by atoms with Crippen LogP contribution in [0, 0.1) is 5.82 Å². The zero-order chi connectivity index (χ0) is 19.2. The highest BCUT2D eigenvalue weighted by Crippen LogP contribution is 2.28. The molecule has 3 rings (SSSR count). The highest BCUT2D eigenvalue weighted by Gasteiger charge is 2.08. The topological polar surface area (TPSA) is 54.4 Å². The van der Waals surface area contributed by atoms with E-state index in [0.29, 0.717) is 5.02 Å². The smallest absolute Gasteiger partial charge is 0.250 e. The number of carbonyl (C=O) groups is 1. The predicted octanol–water partition coefficient (Wildman–Crippen LogP) is 5.50. The van der Waals surface area contributed by atoms with E-state index in [4.69, 9.17) is 23.2 Å². The van der Waals surface area contributed by atoms with Gasteiger partial charge in [0.1, 0.15) is 5.82 Å². The Bertz CT molecular complexity index is 957. The van der Waals surface area contributed by atoms with Crippen LogP contribution in [0.5, 0.6) is 0 Å². The van der Waals surface area contributed by atoms with Crippen molar-refractivity contribution in [1.82, 2.24) is 10.4 Å². The van der Waals surface area contributed by atoms with Gasteiger partial charge in [-0.05, 0) is 24.3 Å². The molecule has 1 N–H and O–H groups in total. The Balaban J connectivity index is 1.52. The number of amides is 1. The van der Waals surface area contributed by atoms with Crippen molar-refractivity contribution < 1.29 is 9.18 Å². The molecule has 0 aliphatic heterocycles. The number of thiazole rings is 1. The third-order valence-corrected chi connectivity index (χ3v) is 5.94. The summed E-state index contributed by atoms with van der Waals surface area (Å²) >= 11 is 14.5. The Morgan fingerprint density at radius 1 is 1.26 bits per heavy atom. The Kier molecular flexibility index (Phi) is 6.84. The molecule has 0 bridgehead atoms. The van der Waals surface area contributed by atoms with Crippen molar-refractivity contribution in [3.63, 3.8) is 0 Å². The molecule has 0 aliphatic carbocycles. The lowest BCUT2D eigenvalue weighted by Crippen LogP contribution is -2.19. The standard InChI is InChI=1S/C18H12Cl2FN3OS2/c19-12-6-4-11(5-7-12)16-9-26-18(23-16)27-10-17(25)24-22-8-13-14(20)2-1-3-15(13)21/h1-9H,10H2,(H,24,25)/b22-8+. The molecule has 27 heavy (non-hydrogen) atoms. The van der Waals surface area contributed by atoms with E-state index < -0.39 is 5.82 Å². The normalized spacial score (nSPS) is 11.1. The minimum absolute atomic E-state index is 0.125. The molecule has 0 radical (unpaired) electrons. The first-order valence-corrected chi connectivity index (χ1v) is 10.3. The second-order valence-corrected chi connectivity index (χ2v) is 8.15. The summed E-state index contributed by atoms with van der Waals surface area (Å²) < 4.78 is 14.4. The minimum Gasteiger partial charge on any atom is -0.272 e. The summed E-state index contributed by atoms with van der Waals surface area (Å²) in [6.45, 7) is 0. The van der Waals surface area contributed by atoms with Crippen LogP contribution < -0.4 is 5.43 Å². The van der Waals surface area contributed by atoms with E-state index in [1.165, 1.54) is 41.4 Å². The maximum atomic E-state index is 13.6. The summed E-state index contributed by atoms with van der Waals surface area (Å²) in [5.41, 5.74) is 4.25. The first-order chi connectivity index (χ1) is 13.0. The number of aromatic nitrogens is 1. The molecule has 0 aliphatic rings. The van der Waals surface area contributed by atoms with Gasteiger partial charge in [0, 0.05) is 21.5 Å². The number of nitrogens with one attached hydrogen (secondary N) is 1. The molecular formula is C18H12Cl2FN3OS2. The molecule has 138 valence electrons. The zero-order valence-electron chi connectivity index (χ0n) is 13.7. The lowest BCUT2D eigenvalue weighted by molar-refractivity contribution is -0.118. The Labute approximate surface area is 173 Å². The van der Waals surface area contributed by atoms with Crippen LogP contribution in [-0.2, 0) is 4.79 Å². The fraction of sp³-hybridized carbons (Fsp3) is 0.0556. The van der Waals surface area contributed by atoms with Crippen molar-refractivity contribution in [3.8, 4) is 11.3 Å². The maximum Gasteiger partial charge on any atom is 0.250 e. The average molecular weight is 440 g/mol. The Morgan fingerprint density at radius 3 is 2.78 bits per heavy atom. The summed E-state index contributed by atoms with van der Waals surface area (Å²) in [5.74, 6) is -0.699. The average Bonchev–Trinajstić information content (AvgIpc) is 3.12. The molecule has 0 saturated carbocycles. The molecule has 3 aromatic rings. The number of carbonyl (C=O) groups excluding carboxylic acids is 1. The molecule has 0 saturated heterocycles. The fourth-order valence-corrected chi connectivity index (χ4v) is 4.00. The van der Waals surface area contributed by atoms with Crippen molar-refractivity contribution in [2.75, 3.05) is 5.75 Å². The lowest BCUT2D eigenvalue weighted by Gasteiger charge is -2.00. The Morgan fingerprint density at radius 2 is 2.04 bits per heavy atom. The molecule has 4 nitrogen and oxygen atoms in total. The maximum absolute atomic E-state index is 13.6. The van der Waals surface area contributed by atoms with Gasteiger partial charge in [0.05, 0.1) is 22.7 Å². The first-order valence-electron chi connectivity index (χ1n) is 7.63. The van der Waals surface area contributed by atoms with E-state index in [0.717, 1.165) is 15.6 Å². The van der Waals surface area contributed by atoms with Crippen molar-refractivity contribution >= 4 is 58.4 Å². The molecule has 2 aromatic carbocycles. The number of nitrogens with zero attached hydrogens (tertiary/aromatic N) is 2. The van der Waals surface area contributed by atoms with E-state index in [2.05, 4.69) is 15.5 Å². The van der Waals surface area contributed by atoms with Crippen LogP contribution in [0.15, 0.2) is 57.3 Å². The monoisotopic (exact) mass is 439 g/mol. The van der Waals surface area contributed by atoms with Crippen LogP contribution in [0.4, 0.5) is 4.39 Å². The third kappa shape index (κ3) is 5.52. The molecule has 1 amide bonds. The van der Waals surface area contributed by atoms with Gasteiger partial charge in [-0.1, -0.05) is 53.2 Å². The summed E-state index contributed by atoms with van der Waals surface area (Å²) in [5, 5.41) is 6.55. The summed E-state index contributed by atoms with van der Waals surface area (Å²) in [4.78, 5) is 16.4. The molecular weight excluding hydrogens is 428 g/mol. The van der Waals surface area contributed by atoms with Crippen molar-refractivity contribution in [2.24, 2.45) is 5.10 Å². The second kappa shape index (κ2) is 9.32. The number of thioether (sulfide) groups is 1. The quantitative estimate of drug-likeness (QED) is 0.313. The number of benzene rings is 2. The number of hydrogen-bond acceptors (Lipinski definition) is 5. The van der Waals surface area contributed by atoms with Gasteiger partial charge in [-0.3, -0.25) is 4.79 Å². The highest BCUT2D eigenvalue weighted by molar-refractivity contribution is 8.01. The van der Waals surface area contributed by atoms with Crippen LogP contribution >= 0.6 is 46.3 Å². The van der Waals surface area contributed by atoms with Gasteiger partial charge in [0.25, 0.3) is 5.91 Å². The highest BCUT2D eigenvalue weighted by atomic mass is 35.5. The third-order valence-electron chi connectivity index (χ3n) is 3.33. The van der Waals surface area contributed by atoms with E-state index in [9.17, 15) is 9.18 Å². The van der Waals surface area contributed by atoms with Crippen LogP contribution in [0.25, 0.3) is 11.3 Å². The van der Waals surface area contributed by atoms with Gasteiger partial charge in [-0.2, -0.15) is 5.10 Å². The lowest BCUT2D eigenvalue weighted by atomic mass is 10.2. The fourth-order valence-electron chi connectivity index (χ4n) is 2.04. The van der Waals surface area contributed by atoms with Gasteiger partial charge in [0.15, 0.2) is 4.34 Å². The van der Waals surface area contributed by atoms with Crippen LogP contribution in [0.1, 0.15) is 5.56 Å². The number of rotatable bonds is 6. The number of halogens is 3. The minimum atomic E-state index is -0.507. The van der Waals surface area contributed by atoms with E-state index in [1.807, 2.05) is 17.5 Å². The molecule has 9 heteroatoms. The second-order valence-electron chi connectivity index (χ2n) is 5.22. The van der Waals surface area contributed by atoms with Crippen LogP contribution in [0.3, 0.4) is 0 Å². The Hall–Kier alpha value is -1.93. The molecule has 0 fully saturated rings. The van der Waals surface area contributed by atoms with Gasteiger partial charge < -0.3 is 0 Å². The zero-order valence-corrected chi connectivity index (χ0v) is 16.8. The first kappa shape index (κ1) is 19.8. The molecule has 0 atom stereocenters. The van der Waals surface area contributed by atoms with Gasteiger partial charge >= 0.3 is 0 Å². The van der Waals surface area contributed by atoms with Gasteiger partial charge in [0.2, 0.25) is 0 Å². The van der Waals surface area contributed by atoms with Crippen molar-refractivity contribution in [2.45, 2.75) is 4.34 Å². The molecule has 1 heterocycles. The SMILES string of the molecule is O=C(CSc1nc(-c2ccc(Cl)cc2)cs1)N/N=C/c1c(F)cccc1Cl. The summed E-state index contributed by atoms with van der Waals surface area (Å²) in [6, 6.07) is 11.7. The van der Waals surface area contributed by atoms with Gasteiger partial charge in [-0.15, -0.1) is 11.3 Å². The molecule has 0 spiro atoms. The van der Waals surface area contributed by atoms with E-state index in [-0.39, 0.29) is 22.2 Å². The predicted molar refractivity (Wildman–Crippen MR) is 110 cm³/mol. The van der Waals surface area contributed by atoms with Crippen molar-refractivity contribution in [3.05, 3.63) is 69.3 Å². The molecule has 0 unspecified atom stereocenters. The summed E-state index contributed by atoms with van der Waals surface area (Å²) in [6.07, 6.45) is 1.18. The summed E-state index contributed by atoms with van der Waals surface area (Å²) in [7, 11) is 0. The van der Waals surface area contributed by atoms with E-state index in [1.54, 1.807) is 18.2 Å². The number of hydrogen-bond donors (Lipinski definition) is 1. The molecule has 1 aromatic heterocycles. The van der Waals surface area contributed by atoms with Gasteiger partial charge in [-0.25, -0.2) is 14.8 Å².